The normalized spacial score (nSPS) is 15.6. The lowest BCUT2D eigenvalue weighted by Gasteiger charge is -2.36. The molecule has 0 atom stereocenters. The summed E-state index contributed by atoms with van der Waals surface area (Å²) in [6, 6.07) is 16.1. The van der Waals surface area contributed by atoms with Crippen molar-refractivity contribution in [3.63, 3.8) is 0 Å². The van der Waals surface area contributed by atoms with Gasteiger partial charge in [-0.15, -0.1) is 0 Å². The molecule has 25 heavy (non-hydrogen) atoms. The van der Waals surface area contributed by atoms with E-state index in [4.69, 9.17) is 4.42 Å². The van der Waals surface area contributed by atoms with Crippen LogP contribution in [0, 0.1) is 5.82 Å². The summed E-state index contributed by atoms with van der Waals surface area (Å²) in [5, 5.41) is 0.924. The van der Waals surface area contributed by atoms with Crippen LogP contribution in [0.4, 0.5) is 10.1 Å². The summed E-state index contributed by atoms with van der Waals surface area (Å²) in [6.07, 6.45) is 0. The fourth-order valence-electron chi connectivity index (χ4n) is 3.32. The Labute approximate surface area is 145 Å². The number of hydrogen-bond acceptors (Lipinski definition) is 4. The maximum atomic E-state index is 13.9. The van der Waals surface area contributed by atoms with Crippen molar-refractivity contribution in [2.75, 3.05) is 31.1 Å². The van der Waals surface area contributed by atoms with E-state index in [1.54, 1.807) is 12.1 Å². The fraction of sp³-hybridized carbons (Fsp3) is 0.250. The predicted octanol–water partition coefficient (Wildman–Crippen LogP) is 3.25. The van der Waals surface area contributed by atoms with E-state index in [1.807, 2.05) is 24.3 Å². The van der Waals surface area contributed by atoms with Gasteiger partial charge in [-0.05, 0) is 29.8 Å². The summed E-state index contributed by atoms with van der Waals surface area (Å²) in [6.45, 7) is 4.11. The second kappa shape index (κ2) is 6.69. The molecule has 0 N–H and O–H groups in total. The Morgan fingerprint density at radius 3 is 2.52 bits per heavy atom. The summed E-state index contributed by atoms with van der Waals surface area (Å²) < 4.78 is 19.2. The van der Waals surface area contributed by atoms with Crippen molar-refractivity contribution in [1.29, 1.82) is 0 Å². The van der Waals surface area contributed by atoms with Crippen LogP contribution in [0.2, 0.25) is 0 Å². The highest BCUT2D eigenvalue weighted by atomic mass is 19.1. The minimum atomic E-state index is -0.330. The number of piperazine rings is 1. The van der Waals surface area contributed by atoms with Crippen LogP contribution in [-0.4, -0.2) is 31.1 Å². The van der Waals surface area contributed by atoms with Crippen molar-refractivity contribution in [3.05, 3.63) is 76.4 Å². The molecule has 0 aliphatic carbocycles. The molecule has 0 bridgehead atoms. The van der Waals surface area contributed by atoms with E-state index in [1.165, 1.54) is 12.1 Å². The van der Waals surface area contributed by atoms with Gasteiger partial charge in [0.15, 0.2) is 0 Å². The van der Waals surface area contributed by atoms with Crippen molar-refractivity contribution in [3.8, 4) is 0 Å². The van der Waals surface area contributed by atoms with Crippen molar-refractivity contribution >= 4 is 16.7 Å². The molecule has 0 radical (unpaired) electrons. The zero-order chi connectivity index (χ0) is 17.2. The Morgan fingerprint density at radius 1 is 0.960 bits per heavy atom. The van der Waals surface area contributed by atoms with Crippen LogP contribution < -0.4 is 10.5 Å². The molecule has 3 aromatic rings. The first-order chi connectivity index (χ1) is 12.2. The summed E-state index contributed by atoms with van der Waals surface area (Å²) in [5.74, 6) is -0.166. The molecule has 4 nitrogen and oxygen atoms in total. The minimum absolute atomic E-state index is 0.166. The van der Waals surface area contributed by atoms with Gasteiger partial charge in [-0.1, -0.05) is 24.3 Å². The molecule has 2 aromatic carbocycles. The van der Waals surface area contributed by atoms with Crippen molar-refractivity contribution < 1.29 is 8.81 Å². The zero-order valence-electron chi connectivity index (χ0n) is 13.8. The van der Waals surface area contributed by atoms with Gasteiger partial charge in [0.25, 0.3) is 0 Å². The molecule has 0 saturated carbocycles. The molecular weight excluding hydrogens is 319 g/mol. The van der Waals surface area contributed by atoms with E-state index in [2.05, 4.69) is 15.9 Å². The fourth-order valence-corrected chi connectivity index (χ4v) is 3.32. The number of halogens is 1. The average molecular weight is 338 g/mol. The Kier molecular flexibility index (Phi) is 4.24. The van der Waals surface area contributed by atoms with Gasteiger partial charge in [-0.25, -0.2) is 9.18 Å². The van der Waals surface area contributed by atoms with E-state index in [9.17, 15) is 9.18 Å². The number of rotatable bonds is 3. The Bertz CT molecular complexity index is 946. The molecule has 2 heterocycles. The lowest BCUT2D eigenvalue weighted by molar-refractivity contribution is 0.249. The molecule has 0 amide bonds. The number of benzene rings is 2. The maximum Gasteiger partial charge on any atom is 0.336 e. The largest absolute Gasteiger partial charge is 0.423 e. The number of hydrogen-bond donors (Lipinski definition) is 0. The third kappa shape index (κ3) is 3.42. The Morgan fingerprint density at radius 2 is 1.72 bits per heavy atom. The number of anilines is 1. The van der Waals surface area contributed by atoms with Crippen LogP contribution in [0.15, 0.2) is 63.8 Å². The van der Waals surface area contributed by atoms with Crippen LogP contribution in [0.25, 0.3) is 11.0 Å². The van der Waals surface area contributed by atoms with Crippen LogP contribution >= 0.6 is 0 Å². The number of nitrogens with zero attached hydrogens (tertiary/aromatic N) is 2. The Hall–Kier alpha value is -2.66. The molecular formula is C20H19FN2O2. The smallest absolute Gasteiger partial charge is 0.336 e. The molecule has 1 saturated heterocycles. The van der Waals surface area contributed by atoms with Crippen LogP contribution in [0.3, 0.4) is 0 Å². The highest BCUT2D eigenvalue weighted by Gasteiger charge is 2.19. The monoisotopic (exact) mass is 338 g/mol. The third-order valence-corrected chi connectivity index (χ3v) is 4.66. The standard InChI is InChI=1S/C20H19FN2O2/c21-17-3-1-2-4-18(17)23-11-9-22(10-12-23)14-15-5-6-16-7-8-20(24)25-19(16)13-15/h1-8,13H,9-12,14H2. The van der Waals surface area contributed by atoms with E-state index in [0.717, 1.165) is 43.7 Å². The summed E-state index contributed by atoms with van der Waals surface area (Å²) >= 11 is 0. The molecule has 128 valence electrons. The van der Waals surface area contributed by atoms with E-state index >= 15 is 0 Å². The van der Waals surface area contributed by atoms with Gasteiger partial charge in [0.2, 0.25) is 0 Å². The van der Waals surface area contributed by atoms with Gasteiger partial charge in [0, 0.05) is 44.2 Å². The molecule has 5 heteroatoms. The molecule has 4 rings (SSSR count). The van der Waals surface area contributed by atoms with Crippen molar-refractivity contribution in [2.45, 2.75) is 6.54 Å². The van der Waals surface area contributed by atoms with Gasteiger partial charge in [0.1, 0.15) is 11.4 Å². The first-order valence-corrected chi connectivity index (χ1v) is 8.44. The average Bonchev–Trinajstić information content (AvgIpc) is 2.63. The summed E-state index contributed by atoms with van der Waals surface area (Å²) in [4.78, 5) is 15.8. The molecule has 0 spiro atoms. The number of para-hydroxylation sites is 1. The second-order valence-electron chi connectivity index (χ2n) is 6.34. The SMILES string of the molecule is O=c1ccc2ccc(CN3CCN(c4ccccc4F)CC3)cc2o1. The lowest BCUT2D eigenvalue weighted by atomic mass is 10.1. The molecule has 1 aromatic heterocycles. The topological polar surface area (TPSA) is 36.7 Å². The van der Waals surface area contributed by atoms with Crippen molar-refractivity contribution in [2.24, 2.45) is 0 Å². The number of fused-ring (bicyclic) bond motifs is 1. The van der Waals surface area contributed by atoms with Gasteiger partial charge in [-0.3, -0.25) is 4.90 Å². The summed E-state index contributed by atoms with van der Waals surface area (Å²) in [7, 11) is 0. The molecule has 0 unspecified atom stereocenters. The first-order valence-electron chi connectivity index (χ1n) is 8.44. The van der Waals surface area contributed by atoms with Crippen LogP contribution in [-0.2, 0) is 6.54 Å². The molecule has 1 aliphatic heterocycles. The predicted molar refractivity (Wildman–Crippen MR) is 96.4 cm³/mol. The summed E-state index contributed by atoms with van der Waals surface area (Å²) in [5.41, 5.74) is 2.08. The van der Waals surface area contributed by atoms with Gasteiger partial charge in [-0.2, -0.15) is 0 Å². The van der Waals surface area contributed by atoms with Gasteiger partial charge in [0.05, 0.1) is 5.69 Å². The van der Waals surface area contributed by atoms with Crippen molar-refractivity contribution in [1.82, 2.24) is 4.90 Å². The Balaban J connectivity index is 1.43. The quantitative estimate of drug-likeness (QED) is 0.687. The van der Waals surface area contributed by atoms with E-state index in [0.29, 0.717) is 11.3 Å². The third-order valence-electron chi connectivity index (χ3n) is 4.66. The lowest BCUT2D eigenvalue weighted by Crippen LogP contribution is -2.46. The zero-order valence-corrected chi connectivity index (χ0v) is 13.8. The maximum absolute atomic E-state index is 13.9. The van der Waals surface area contributed by atoms with E-state index in [-0.39, 0.29) is 11.4 Å². The second-order valence-corrected chi connectivity index (χ2v) is 6.34. The highest BCUT2D eigenvalue weighted by molar-refractivity contribution is 5.76. The van der Waals surface area contributed by atoms with Gasteiger partial charge >= 0.3 is 5.63 Å². The van der Waals surface area contributed by atoms with E-state index < -0.39 is 0 Å². The van der Waals surface area contributed by atoms with Crippen LogP contribution in [0.1, 0.15) is 5.56 Å². The van der Waals surface area contributed by atoms with Crippen LogP contribution in [0.5, 0.6) is 0 Å². The highest BCUT2D eigenvalue weighted by Crippen LogP contribution is 2.21. The molecule has 1 fully saturated rings. The first kappa shape index (κ1) is 15.8. The van der Waals surface area contributed by atoms with Gasteiger partial charge < -0.3 is 9.32 Å². The molecule has 1 aliphatic rings. The minimum Gasteiger partial charge on any atom is -0.423 e.